The largest absolute Gasteiger partial charge is 0.491 e. The summed E-state index contributed by atoms with van der Waals surface area (Å²) in [7, 11) is 0. The second kappa shape index (κ2) is 8.23. The number of piperidine rings is 1. The lowest BCUT2D eigenvalue weighted by Crippen LogP contribution is -2.45. The van der Waals surface area contributed by atoms with Crippen LogP contribution < -0.4 is 15.8 Å². The van der Waals surface area contributed by atoms with Crippen molar-refractivity contribution in [2.75, 3.05) is 26.2 Å². The number of benzene rings is 1. The molecule has 0 spiro atoms. The third kappa shape index (κ3) is 5.37. The first kappa shape index (κ1) is 19.1. The van der Waals surface area contributed by atoms with E-state index in [1.807, 2.05) is 18.2 Å². The Balaban J connectivity index is 1.75. The Morgan fingerprint density at radius 1 is 1.24 bits per heavy atom. The summed E-state index contributed by atoms with van der Waals surface area (Å²) >= 11 is 0. The lowest BCUT2D eigenvalue weighted by atomic mass is 9.86. The van der Waals surface area contributed by atoms with E-state index >= 15 is 0 Å². The van der Waals surface area contributed by atoms with Crippen molar-refractivity contribution in [3.63, 3.8) is 0 Å². The molecule has 6 nitrogen and oxygen atoms in total. The van der Waals surface area contributed by atoms with Crippen LogP contribution in [0.3, 0.4) is 0 Å². The summed E-state index contributed by atoms with van der Waals surface area (Å²) in [6.45, 7) is 8.43. The number of nitrogens with two attached hydrogens (primary N) is 1. The van der Waals surface area contributed by atoms with Gasteiger partial charge in [0.2, 0.25) is 5.91 Å². The Morgan fingerprint density at radius 2 is 1.88 bits per heavy atom. The molecule has 0 radical (unpaired) electrons. The van der Waals surface area contributed by atoms with Crippen LogP contribution in [0.5, 0.6) is 5.75 Å². The zero-order valence-electron chi connectivity index (χ0n) is 15.4. The van der Waals surface area contributed by atoms with Crippen molar-refractivity contribution in [3.05, 3.63) is 29.8 Å². The number of rotatable bonds is 5. The molecule has 25 heavy (non-hydrogen) atoms. The molecule has 2 rings (SSSR count). The van der Waals surface area contributed by atoms with E-state index in [9.17, 15) is 9.59 Å². The van der Waals surface area contributed by atoms with Crippen molar-refractivity contribution < 1.29 is 14.3 Å². The molecule has 0 saturated carbocycles. The van der Waals surface area contributed by atoms with Crippen LogP contribution in [0.1, 0.15) is 39.2 Å². The molecule has 1 aliphatic heterocycles. The number of hydrogen-bond donors (Lipinski definition) is 2. The molecule has 1 aromatic carbocycles. The quantitative estimate of drug-likeness (QED) is 0.801. The third-order valence-electron chi connectivity index (χ3n) is 4.53. The molecule has 0 bridgehead atoms. The Bertz CT molecular complexity index is 602. The van der Waals surface area contributed by atoms with Gasteiger partial charge in [-0.3, -0.25) is 4.79 Å². The fraction of sp³-hybridized carbons (Fsp3) is 0.579. The maximum absolute atomic E-state index is 12.2. The molecule has 1 heterocycles. The molecule has 0 unspecified atom stereocenters. The molecule has 1 fully saturated rings. The average molecular weight is 347 g/mol. The first-order valence-corrected chi connectivity index (χ1v) is 8.83. The van der Waals surface area contributed by atoms with Crippen molar-refractivity contribution in [2.24, 2.45) is 11.7 Å². The van der Waals surface area contributed by atoms with Crippen molar-refractivity contribution in [1.29, 1.82) is 0 Å². The molecular formula is C19H29N3O3. The zero-order valence-corrected chi connectivity index (χ0v) is 15.4. The minimum Gasteiger partial charge on any atom is -0.491 e. The van der Waals surface area contributed by atoms with Gasteiger partial charge in [0.25, 0.3) is 0 Å². The fourth-order valence-corrected chi connectivity index (χ4v) is 3.05. The van der Waals surface area contributed by atoms with Crippen LogP contribution in [-0.2, 0) is 10.2 Å². The predicted molar refractivity (Wildman–Crippen MR) is 97.5 cm³/mol. The second-order valence-electron chi connectivity index (χ2n) is 7.49. The van der Waals surface area contributed by atoms with Crippen molar-refractivity contribution >= 4 is 11.9 Å². The number of ether oxygens (including phenoxy) is 1. The summed E-state index contributed by atoms with van der Waals surface area (Å²) < 4.78 is 5.87. The molecule has 1 aromatic rings. The van der Waals surface area contributed by atoms with Gasteiger partial charge in [-0.15, -0.1) is 0 Å². The number of nitrogens with one attached hydrogen (secondary N) is 1. The first-order valence-electron chi connectivity index (χ1n) is 8.83. The molecule has 3 N–H and O–H groups in total. The summed E-state index contributed by atoms with van der Waals surface area (Å²) in [5, 5.41) is 2.93. The van der Waals surface area contributed by atoms with Gasteiger partial charge in [-0.25, -0.2) is 4.79 Å². The molecule has 1 saturated heterocycles. The summed E-state index contributed by atoms with van der Waals surface area (Å²) in [6.07, 6.45) is 1.31. The maximum Gasteiger partial charge on any atom is 0.314 e. The van der Waals surface area contributed by atoms with Gasteiger partial charge in [0.15, 0.2) is 0 Å². The zero-order chi connectivity index (χ0) is 18.4. The monoisotopic (exact) mass is 347 g/mol. The number of nitrogens with zero attached hydrogens (tertiary/aromatic N) is 1. The van der Waals surface area contributed by atoms with E-state index in [4.69, 9.17) is 10.5 Å². The van der Waals surface area contributed by atoms with Gasteiger partial charge in [-0.05, 0) is 29.9 Å². The van der Waals surface area contributed by atoms with Crippen molar-refractivity contribution in [2.45, 2.75) is 39.0 Å². The standard InChI is InChI=1S/C19H29N3O3/c1-19(2,3)15-6-4-5-7-16(15)25-13-10-21-17(23)14-8-11-22(12-9-14)18(20)24/h4-7,14H,8-13H2,1-3H3,(H2,20,24)(H,21,23). The van der Waals surface area contributed by atoms with Gasteiger partial charge in [-0.2, -0.15) is 0 Å². The molecule has 0 atom stereocenters. The Labute approximate surface area is 149 Å². The SMILES string of the molecule is CC(C)(C)c1ccccc1OCCNC(=O)C1CCN(C(N)=O)CC1. The van der Waals surface area contributed by atoms with Crippen LogP contribution in [0.25, 0.3) is 0 Å². The highest BCUT2D eigenvalue weighted by atomic mass is 16.5. The number of carbonyl (C=O) groups excluding carboxylic acids is 2. The minimum absolute atomic E-state index is 0.00817. The first-order chi connectivity index (χ1) is 11.8. The molecule has 138 valence electrons. The third-order valence-corrected chi connectivity index (χ3v) is 4.53. The van der Waals surface area contributed by atoms with E-state index in [0.717, 1.165) is 11.3 Å². The van der Waals surface area contributed by atoms with Crippen LogP contribution in [0.4, 0.5) is 4.79 Å². The Hall–Kier alpha value is -2.24. The topological polar surface area (TPSA) is 84.7 Å². The van der Waals surface area contributed by atoms with Gasteiger partial charge >= 0.3 is 6.03 Å². The number of carbonyl (C=O) groups is 2. The van der Waals surface area contributed by atoms with Crippen LogP contribution in [-0.4, -0.2) is 43.1 Å². The van der Waals surface area contributed by atoms with E-state index in [1.54, 1.807) is 4.90 Å². The maximum atomic E-state index is 12.2. The molecule has 3 amide bonds. The number of para-hydroxylation sites is 1. The summed E-state index contributed by atoms with van der Waals surface area (Å²) in [5.74, 6) is 0.827. The van der Waals surface area contributed by atoms with Gasteiger partial charge in [0.05, 0.1) is 6.54 Å². The van der Waals surface area contributed by atoms with Crippen molar-refractivity contribution in [1.82, 2.24) is 10.2 Å². The average Bonchev–Trinajstić information content (AvgIpc) is 2.58. The lowest BCUT2D eigenvalue weighted by Gasteiger charge is -2.30. The molecule has 0 aromatic heterocycles. The van der Waals surface area contributed by atoms with E-state index in [1.165, 1.54) is 0 Å². The van der Waals surface area contributed by atoms with E-state index in [2.05, 4.69) is 32.2 Å². The second-order valence-corrected chi connectivity index (χ2v) is 7.49. The number of primary amides is 1. The van der Waals surface area contributed by atoms with Gasteiger partial charge < -0.3 is 20.7 Å². The predicted octanol–water partition coefficient (Wildman–Crippen LogP) is 2.27. The number of amides is 3. The fourth-order valence-electron chi connectivity index (χ4n) is 3.05. The molecule has 6 heteroatoms. The van der Waals surface area contributed by atoms with Crippen LogP contribution in [0.2, 0.25) is 0 Å². The highest BCUT2D eigenvalue weighted by molar-refractivity contribution is 5.79. The summed E-state index contributed by atoms with van der Waals surface area (Å²) in [6, 6.07) is 7.58. The van der Waals surface area contributed by atoms with E-state index < -0.39 is 6.03 Å². The number of hydrogen-bond acceptors (Lipinski definition) is 3. The van der Waals surface area contributed by atoms with E-state index in [0.29, 0.717) is 39.1 Å². The van der Waals surface area contributed by atoms with Crippen LogP contribution in [0, 0.1) is 5.92 Å². The van der Waals surface area contributed by atoms with Gasteiger partial charge in [0, 0.05) is 19.0 Å². The van der Waals surface area contributed by atoms with Gasteiger partial charge in [0.1, 0.15) is 12.4 Å². The Morgan fingerprint density at radius 3 is 2.48 bits per heavy atom. The number of urea groups is 1. The minimum atomic E-state index is -0.412. The highest BCUT2D eigenvalue weighted by Crippen LogP contribution is 2.30. The smallest absolute Gasteiger partial charge is 0.314 e. The van der Waals surface area contributed by atoms with Crippen molar-refractivity contribution in [3.8, 4) is 5.75 Å². The van der Waals surface area contributed by atoms with Crippen LogP contribution >= 0.6 is 0 Å². The molecular weight excluding hydrogens is 318 g/mol. The lowest BCUT2D eigenvalue weighted by molar-refractivity contribution is -0.126. The van der Waals surface area contributed by atoms with Gasteiger partial charge in [-0.1, -0.05) is 39.0 Å². The normalized spacial score (nSPS) is 15.7. The molecule has 0 aliphatic carbocycles. The van der Waals surface area contributed by atoms with Crippen LogP contribution in [0.15, 0.2) is 24.3 Å². The molecule has 1 aliphatic rings. The highest BCUT2D eigenvalue weighted by Gasteiger charge is 2.26. The number of likely N-dealkylation sites (tertiary alicyclic amines) is 1. The Kier molecular flexibility index (Phi) is 6.28. The van der Waals surface area contributed by atoms with E-state index in [-0.39, 0.29) is 17.2 Å². The summed E-state index contributed by atoms with van der Waals surface area (Å²) in [5.41, 5.74) is 6.42. The summed E-state index contributed by atoms with van der Waals surface area (Å²) in [4.78, 5) is 24.9.